The lowest BCUT2D eigenvalue weighted by Crippen LogP contribution is -2.17. The molecule has 0 fully saturated rings. The number of ether oxygens (including phenoxy) is 1. The third-order valence-corrected chi connectivity index (χ3v) is 3.60. The number of hydrogen-bond acceptors (Lipinski definition) is 7. The lowest BCUT2D eigenvalue weighted by molar-refractivity contribution is -0.394. The van der Waals surface area contributed by atoms with Gasteiger partial charge in [-0.3, -0.25) is 25.0 Å². The summed E-state index contributed by atoms with van der Waals surface area (Å²) in [6.45, 7) is 1.31. The van der Waals surface area contributed by atoms with Crippen LogP contribution in [0.5, 0.6) is 0 Å². The fourth-order valence-corrected chi connectivity index (χ4v) is 2.28. The number of carbonyl (C=O) groups is 2. The Balaban J connectivity index is 2.50. The second-order valence-electron chi connectivity index (χ2n) is 5.14. The fourth-order valence-electron chi connectivity index (χ4n) is 2.28. The molecule has 0 bridgehead atoms. The molecule has 2 aromatic rings. The van der Waals surface area contributed by atoms with E-state index in [0.29, 0.717) is 0 Å². The SMILES string of the molecule is COC(=O)c1ccccc1NC(=O)c1cc([N+](=O)[O-])cc([N+](=O)[O-])c1C. The Labute approximate surface area is 146 Å². The maximum atomic E-state index is 12.5. The number of carbonyl (C=O) groups excluding carboxylic acids is 2. The molecule has 0 aromatic heterocycles. The number of para-hydroxylation sites is 1. The minimum atomic E-state index is -0.828. The Kier molecular flexibility index (Phi) is 5.26. The zero-order valence-electron chi connectivity index (χ0n) is 13.7. The number of benzene rings is 2. The molecule has 0 aliphatic heterocycles. The molecule has 1 amide bonds. The van der Waals surface area contributed by atoms with Crippen molar-refractivity contribution in [1.82, 2.24) is 0 Å². The van der Waals surface area contributed by atoms with Crippen LogP contribution in [-0.4, -0.2) is 28.8 Å². The summed E-state index contributed by atoms with van der Waals surface area (Å²) >= 11 is 0. The van der Waals surface area contributed by atoms with Crippen LogP contribution < -0.4 is 5.32 Å². The van der Waals surface area contributed by atoms with E-state index in [4.69, 9.17) is 0 Å². The molecule has 10 heteroatoms. The van der Waals surface area contributed by atoms with E-state index in [0.717, 1.165) is 12.1 Å². The Morgan fingerprint density at radius 2 is 1.69 bits per heavy atom. The first-order valence-corrected chi connectivity index (χ1v) is 7.18. The lowest BCUT2D eigenvalue weighted by atomic mass is 10.0. The molecular weight excluding hydrogens is 346 g/mol. The number of esters is 1. The minimum absolute atomic E-state index is 0.0337. The molecule has 0 heterocycles. The number of amides is 1. The average Bonchev–Trinajstić information content (AvgIpc) is 2.61. The van der Waals surface area contributed by atoms with Crippen LogP contribution in [0.3, 0.4) is 0 Å². The third kappa shape index (κ3) is 3.64. The van der Waals surface area contributed by atoms with Crippen molar-refractivity contribution in [2.24, 2.45) is 0 Å². The molecule has 0 aliphatic carbocycles. The molecule has 1 N–H and O–H groups in total. The standard InChI is InChI=1S/C16H13N3O7/c1-9-12(7-10(18(22)23)8-14(9)19(24)25)15(20)17-13-6-4-3-5-11(13)16(21)26-2/h3-8H,1-2H3,(H,17,20). The van der Waals surface area contributed by atoms with E-state index in [2.05, 4.69) is 10.1 Å². The fraction of sp³-hybridized carbons (Fsp3) is 0.125. The van der Waals surface area contributed by atoms with Gasteiger partial charge in [0.1, 0.15) is 0 Å². The summed E-state index contributed by atoms with van der Waals surface area (Å²) in [6.07, 6.45) is 0. The molecular formula is C16H13N3O7. The molecule has 134 valence electrons. The summed E-state index contributed by atoms with van der Waals surface area (Å²) < 4.78 is 4.62. The first-order valence-electron chi connectivity index (χ1n) is 7.18. The van der Waals surface area contributed by atoms with E-state index in [1.54, 1.807) is 12.1 Å². The number of nitro benzene ring substituents is 2. The summed E-state index contributed by atoms with van der Waals surface area (Å²) in [5.74, 6) is -1.52. The molecule has 0 saturated heterocycles. The predicted octanol–water partition coefficient (Wildman–Crippen LogP) is 2.85. The smallest absolute Gasteiger partial charge is 0.339 e. The van der Waals surface area contributed by atoms with E-state index in [1.165, 1.54) is 26.2 Å². The van der Waals surface area contributed by atoms with Crippen molar-refractivity contribution in [3.05, 3.63) is 73.3 Å². The highest BCUT2D eigenvalue weighted by Crippen LogP contribution is 2.29. The van der Waals surface area contributed by atoms with Gasteiger partial charge in [0, 0.05) is 11.6 Å². The van der Waals surface area contributed by atoms with Gasteiger partial charge in [0.25, 0.3) is 17.3 Å². The van der Waals surface area contributed by atoms with Crippen LogP contribution in [0.4, 0.5) is 17.1 Å². The molecule has 0 spiro atoms. The summed E-state index contributed by atoms with van der Waals surface area (Å²) in [5, 5.41) is 24.5. The van der Waals surface area contributed by atoms with Crippen LogP contribution in [0.1, 0.15) is 26.3 Å². The van der Waals surface area contributed by atoms with Gasteiger partial charge in [0.2, 0.25) is 0 Å². The maximum Gasteiger partial charge on any atom is 0.339 e. The van der Waals surface area contributed by atoms with Crippen LogP contribution in [-0.2, 0) is 4.74 Å². The molecule has 0 unspecified atom stereocenters. The Morgan fingerprint density at radius 1 is 1.04 bits per heavy atom. The number of nitrogens with zero attached hydrogens (tertiary/aromatic N) is 2. The van der Waals surface area contributed by atoms with Gasteiger partial charge in [-0.2, -0.15) is 0 Å². The van der Waals surface area contributed by atoms with Crippen molar-refractivity contribution >= 4 is 28.9 Å². The van der Waals surface area contributed by atoms with Crippen molar-refractivity contribution in [2.75, 3.05) is 12.4 Å². The van der Waals surface area contributed by atoms with Gasteiger partial charge in [-0.1, -0.05) is 12.1 Å². The molecule has 0 saturated carbocycles. The lowest BCUT2D eigenvalue weighted by Gasteiger charge is -2.11. The molecule has 0 aliphatic rings. The maximum absolute atomic E-state index is 12.5. The predicted molar refractivity (Wildman–Crippen MR) is 90.2 cm³/mol. The number of nitro groups is 2. The largest absolute Gasteiger partial charge is 0.465 e. The number of hydrogen-bond donors (Lipinski definition) is 1. The zero-order valence-corrected chi connectivity index (χ0v) is 13.7. The summed E-state index contributed by atoms with van der Waals surface area (Å²) in [5.41, 5.74) is -1.24. The molecule has 0 radical (unpaired) electrons. The van der Waals surface area contributed by atoms with Crippen LogP contribution in [0.2, 0.25) is 0 Å². The Morgan fingerprint density at radius 3 is 2.27 bits per heavy atom. The summed E-state index contributed by atoms with van der Waals surface area (Å²) in [6, 6.07) is 7.71. The van der Waals surface area contributed by atoms with Crippen LogP contribution >= 0.6 is 0 Å². The quantitative estimate of drug-likeness (QED) is 0.491. The Hall–Kier alpha value is -3.82. The highest BCUT2D eigenvalue weighted by molar-refractivity contribution is 6.09. The van der Waals surface area contributed by atoms with Crippen LogP contribution in [0.15, 0.2) is 36.4 Å². The van der Waals surface area contributed by atoms with Crippen molar-refractivity contribution < 1.29 is 24.2 Å². The highest BCUT2D eigenvalue weighted by atomic mass is 16.6. The van der Waals surface area contributed by atoms with Crippen LogP contribution in [0.25, 0.3) is 0 Å². The molecule has 2 rings (SSSR count). The number of non-ortho nitro benzene ring substituents is 1. The highest BCUT2D eigenvalue weighted by Gasteiger charge is 2.25. The second-order valence-corrected chi connectivity index (χ2v) is 5.14. The summed E-state index contributed by atoms with van der Waals surface area (Å²) in [7, 11) is 1.18. The summed E-state index contributed by atoms with van der Waals surface area (Å²) in [4.78, 5) is 44.8. The Bertz CT molecular complexity index is 924. The number of nitrogens with one attached hydrogen (secondary N) is 1. The number of methoxy groups -OCH3 is 1. The van der Waals surface area contributed by atoms with E-state index in [-0.39, 0.29) is 22.4 Å². The van der Waals surface area contributed by atoms with E-state index in [1.807, 2.05) is 0 Å². The van der Waals surface area contributed by atoms with Crippen molar-refractivity contribution in [1.29, 1.82) is 0 Å². The first kappa shape index (κ1) is 18.5. The van der Waals surface area contributed by atoms with Gasteiger partial charge in [-0.25, -0.2) is 4.79 Å². The second kappa shape index (κ2) is 7.38. The topological polar surface area (TPSA) is 142 Å². The van der Waals surface area contributed by atoms with E-state index in [9.17, 15) is 29.8 Å². The van der Waals surface area contributed by atoms with Crippen molar-refractivity contribution in [3.63, 3.8) is 0 Å². The normalized spacial score (nSPS) is 10.1. The average molecular weight is 359 g/mol. The third-order valence-electron chi connectivity index (χ3n) is 3.60. The van der Waals surface area contributed by atoms with Gasteiger partial charge < -0.3 is 10.1 Å². The zero-order chi connectivity index (χ0) is 19.4. The van der Waals surface area contributed by atoms with Crippen LogP contribution in [0, 0.1) is 27.2 Å². The monoisotopic (exact) mass is 359 g/mol. The molecule has 2 aromatic carbocycles. The van der Waals surface area contributed by atoms with Crippen molar-refractivity contribution in [3.8, 4) is 0 Å². The molecule has 10 nitrogen and oxygen atoms in total. The number of rotatable bonds is 5. The minimum Gasteiger partial charge on any atom is -0.465 e. The van der Waals surface area contributed by atoms with Crippen molar-refractivity contribution in [2.45, 2.75) is 6.92 Å². The van der Waals surface area contributed by atoms with E-state index >= 15 is 0 Å². The van der Waals surface area contributed by atoms with Gasteiger partial charge in [0.15, 0.2) is 0 Å². The van der Waals surface area contributed by atoms with Gasteiger partial charge >= 0.3 is 5.97 Å². The van der Waals surface area contributed by atoms with Gasteiger partial charge in [-0.05, 0) is 19.1 Å². The molecule has 0 atom stereocenters. The van der Waals surface area contributed by atoms with Gasteiger partial charge in [0.05, 0.1) is 39.8 Å². The van der Waals surface area contributed by atoms with Gasteiger partial charge in [-0.15, -0.1) is 0 Å². The molecule has 26 heavy (non-hydrogen) atoms. The van der Waals surface area contributed by atoms with E-state index < -0.39 is 33.1 Å². The first-order chi connectivity index (χ1) is 12.3. The number of anilines is 1.